The SMILES string of the molecule is CC(C)(C)[Si](C)(C)OCCC(=O)c1ccc(OC2CC2)c(Cl)c1. The summed E-state index contributed by atoms with van der Waals surface area (Å²) in [6.45, 7) is 11.4. The molecule has 1 aromatic carbocycles. The van der Waals surface area contributed by atoms with Crippen LogP contribution in [0.2, 0.25) is 23.2 Å². The van der Waals surface area contributed by atoms with E-state index in [1.54, 1.807) is 18.2 Å². The lowest BCUT2D eigenvalue weighted by Gasteiger charge is -2.36. The number of halogens is 1. The average Bonchev–Trinajstić information content (AvgIpc) is 3.23. The molecule has 0 aliphatic heterocycles. The maximum absolute atomic E-state index is 12.3. The topological polar surface area (TPSA) is 35.5 Å². The van der Waals surface area contributed by atoms with Crippen LogP contribution in [0.5, 0.6) is 5.75 Å². The van der Waals surface area contributed by atoms with Gasteiger partial charge in [0.05, 0.1) is 11.1 Å². The quantitative estimate of drug-likeness (QED) is 0.480. The number of hydrogen-bond acceptors (Lipinski definition) is 3. The van der Waals surface area contributed by atoms with Gasteiger partial charge in [0.1, 0.15) is 5.75 Å². The van der Waals surface area contributed by atoms with E-state index in [0.717, 1.165) is 12.8 Å². The second-order valence-electron chi connectivity index (χ2n) is 7.74. The third kappa shape index (κ3) is 5.06. The van der Waals surface area contributed by atoms with Crippen LogP contribution >= 0.6 is 11.6 Å². The number of Topliss-reactive ketones (excluding diaryl/α,β-unsaturated/α-hetero) is 1. The maximum atomic E-state index is 12.3. The Kier molecular flexibility index (Phi) is 5.59. The summed E-state index contributed by atoms with van der Waals surface area (Å²) in [4.78, 5) is 12.3. The van der Waals surface area contributed by atoms with Gasteiger partial charge in [-0.3, -0.25) is 4.79 Å². The van der Waals surface area contributed by atoms with Crippen LogP contribution in [0, 0.1) is 0 Å². The monoisotopic (exact) mass is 354 g/mol. The van der Waals surface area contributed by atoms with Crippen molar-refractivity contribution in [2.75, 3.05) is 6.61 Å². The van der Waals surface area contributed by atoms with Crippen molar-refractivity contribution in [3.8, 4) is 5.75 Å². The van der Waals surface area contributed by atoms with Gasteiger partial charge in [-0.1, -0.05) is 32.4 Å². The van der Waals surface area contributed by atoms with Crippen LogP contribution < -0.4 is 4.74 Å². The molecule has 1 aliphatic carbocycles. The van der Waals surface area contributed by atoms with E-state index in [9.17, 15) is 4.79 Å². The van der Waals surface area contributed by atoms with Gasteiger partial charge in [0.2, 0.25) is 0 Å². The van der Waals surface area contributed by atoms with Gasteiger partial charge in [0.25, 0.3) is 0 Å². The third-order valence-corrected chi connectivity index (χ3v) is 9.50. The normalized spacial score (nSPS) is 15.6. The molecule has 3 nitrogen and oxygen atoms in total. The Morgan fingerprint density at radius 1 is 1.30 bits per heavy atom. The van der Waals surface area contributed by atoms with E-state index in [1.165, 1.54) is 0 Å². The van der Waals surface area contributed by atoms with E-state index >= 15 is 0 Å². The highest BCUT2D eigenvalue weighted by Gasteiger charge is 2.37. The average molecular weight is 355 g/mol. The number of ether oxygens (including phenoxy) is 1. The van der Waals surface area contributed by atoms with Gasteiger partial charge < -0.3 is 9.16 Å². The Labute approximate surface area is 145 Å². The molecule has 0 aromatic heterocycles. The summed E-state index contributed by atoms with van der Waals surface area (Å²) in [5.74, 6) is 0.729. The standard InChI is InChI=1S/C18H27ClO3Si/c1-18(2,3)23(4,5)21-11-10-16(20)13-6-9-17(15(19)12-13)22-14-7-8-14/h6,9,12,14H,7-8,10-11H2,1-5H3. The summed E-state index contributed by atoms with van der Waals surface area (Å²) in [5.41, 5.74) is 0.622. The molecule has 2 rings (SSSR count). The zero-order chi connectivity index (χ0) is 17.3. The number of hydrogen-bond donors (Lipinski definition) is 0. The van der Waals surface area contributed by atoms with Crippen LogP contribution in [-0.2, 0) is 4.43 Å². The zero-order valence-corrected chi connectivity index (χ0v) is 16.5. The molecule has 0 radical (unpaired) electrons. The fraction of sp³-hybridized carbons (Fsp3) is 0.611. The van der Waals surface area contributed by atoms with E-state index in [-0.39, 0.29) is 10.8 Å². The lowest BCUT2D eigenvalue weighted by atomic mass is 10.1. The Bertz CT molecular complexity index is 574. The Morgan fingerprint density at radius 3 is 2.48 bits per heavy atom. The molecule has 0 heterocycles. The van der Waals surface area contributed by atoms with Crippen LogP contribution in [0.15, 0.2) is 18.2 Å². The van der Waals surface area contributed by atoms with Gasteiger partial charge in [0, 0.05) is 18.6 Å². The molecule has 128 valence electrons. The largest absolute Gasteiger partial charge is 0.489 e. The number of carbonyl (C=O) groups excluding carboxylic acids is 1. The predicted molar refractivity (Wildman–Crippen MR) is 97.2 cm³/mol. The summed E-state index contributed by atoms with van der Waals surface area (Å²) in [5, 5.41) is 0.661. The number of carbonyl (C=O) groups is 1. The van der Waals surface area contributed by atoms with Gasteiger partial charge in [0.15, 0.2) is 14.1 Å². The first-order valence-corrected chi connectivity index (χ1v) is 11.5. The Morgan fingerprint density at radius 2 is 1.96 bits per heavy atom. The van der Waals surface area contributed by atoms with E-state index in [2.05, 4.69) is 33.9 Å². The predicted octanol–water partition coefficient (Wildman–Crippen LogP) is 5.48. The number of ketones is 1. The third-order valence-electron chi connectivity index (χ3n) is 4.67. The van der Waals surface area contributed by atoms with Crippen LogP contribution in [0.1, 0.15) is 50.4 Å². The van der Waals surface area contributed by atoms with Crippen molar-refractivity contribution in [1.82, 2.24) is 0 Å². The highest BCUT2D eigenvalue weighted by molar-refractivity contribution is 6.74. The molecular weight excluding hydrogens is 328 g/mol. The van der Waals surface area contributed by atoms with E-state index in [4.69, 9.17) is 20.8 Å². The summed E-state index contributed by atoms with van der Waals surface area (Å²) in [6.07, 6.45) is 2.85. The smallest absolute Gasteiger partial charge is 0.191 e. The summed E-state index contributed by atoms with van der Waals surface area (Å²) < 4.78 is 11.8. The van der Waals surface area contributed by atoms with Crippen LogP contribution in [0.4, 0.5) is 0 Å². The van der Waals surface area contributed by atoms with Gasteiger partial charge >= 0.3 is 0 Å². The molecule has 23 heavy (non-hydrogen) atoms. The highest BCUT2D eigenvalue weighted by Crippen LogP contribution is 2.36. The van der Waals surface area contributed by atoms with Crippen molar-refractivity contribution >= 4 is 25.7 Å². The van der Waals surface area contributed by atoms with Crippen molar-refractivity contribution in [2.24, 2.45) is 0 Å². The summed E-state index contributed by atoms with van der Waals surface area (Å²) in [7, 11) is -1.80. The number of rotatable bonds is 7. The molecule has 0 N–H and O–H groups in total. The first-order chi connectivity index (χ1) is 10.6. The van der Waals surface area contributed by atoms with E-state index in [1.807, 2.05) is 0 Å². The molecule has 1 fully saturated rings. The van der Waals surface area contributed by atoms with Crippen molar-refractivity contribution in [3.05, 3.63) is 28.8 Å². The van der Waals surface area contributed by atoms with Gasteiger partial charge in [-0.15, -0.1) is 0 Å². The maximum Gasteiger partial charge on any atom is 0.191 e. The second kappa shape index (κ2) is 6.95. The fourth-order valence-corrected chi connectivity index (χ4v) is 3.17. The van der Waals surface area contributed by atoms with Crippen LogP contribution in [-0.4, -0.2) is 26.8 Å². The van der Waals surface area contributed by atoms with Crippen LogP contribution in [0.3, 0.4) is 0 Å². The minimum atomic E-state index is -1.80. The first-order valence-electron chi connectivity index (χ1n) is 8.23. The molecule has 0 spiro atoms. The molecule has 0 amide bonds. The minimum absolute atomic E-state index is 0.0589. The summed E-state index contributed by atoms with van der Waals surface area (Å²) in [6, 6.07) is 5.29. The molecule has 1 saturated carbocycles. The van der Waals surface area contributed by atoms with Gasteiger partial charge in [-0.2, -0.15) is 0 Å². The summed E-state index contributed by atoms with van der Waals surface area (Å²) >= 11 is 6.21. The minimum Gasteiger partial charge on any atom is -0.489 e. The van der Waals surface area contributed by atoms with E-state index in [0.29, 0.717) is 35.5 Å². The fourth-order valence-electron chi connectivity index (χ4n) is 1.90. The zero-order valence-electron chi connectivity index (χ0n) is 14.7. The molecule has 1 aliphatic rings. The lowest BCUT2D eigenvalue weighted by molar-refractivity contribution is 0.0959. The van der Waals surface area contributed by atoms with Crippen LogP contribution in [0.25, 0.3) is 0 Å². The van der Waals surface area contributed by atoms with Gasteiger partial charge in [-0.05, 0) is 49.2 Å². The molecular formula is C18H27ClO3Si. The van der Waals surface area contributed by atoms with Crippen molar-refractivity contribution in [2.45, 2.75) is 64.3 Å². The lowest BCUT2D eigenvalue weighted by Crippen LogP contribution is -2.41. The molecule has 1 aromatic rings. The van der Waals surface area contributed by atoms with Crippen molar-refractivity contribution in [1.29, 1.82) is 0 Å². The molecule has 0 saturated heterocycles. The molecule has 5 heteroatoms. The van der Waals surface area contributed by atoms with E-state index < -0.39 is 8.32 Å². The Hall–Kier alpha value is -0.843. The number of benzene rings is 1. The molecule has 0 bridgehead atoms. The molecule has 0 unspecified atom stereocenters. The second-order valence-corrected chi connectivity index (χ2v) is 13.0. The Balaban J connectivity index is 1.89. The highest BCUT2D eigenvalue weighted by atomic mass is 35.5. The molecule has 0 atom stereocenters. The van der Waals surface area contributed by atoms with Crippen molar-refractivity contribution in [3.63, 3.8) is 0 Å². The van der Waals surface area contributed by atoms with Gasteiger partial charge in [-0.25, -0.2) is 0 Å². The first kappa shape index (κ1) is 18.5. The van der Waals surface area contributed by atoms with Crippen molar-refractivity contribution < 1.29 is 14.0 Å².